The van der Waals surface area contributed by atoms with Gasteiger partial charge in [0.15, 0.2) is 0 Å². The van der Waals surface area contributed by atoms with Gasteiger partial charge in [0.25, 0.3) is 0 Å². The molecule has 0 spiro atoms. The van der Waals surface area contributed by atoms with Gasteiger partial charge in [0.05, 0.1) is 5.56 Å². The van der Waals surface area contributed by atoms with Crippen molar-refractivity contribution in [3.8, 4) is 0 Å². The summed E-state index contributed by atoms with van der Waals surface area (Å²) in [5, 5.41) is 15.9. The molecule has 0 aliphatic heterocycles. The van der Waals surface area contributed by atoms with Crippen LogP contribution >= 0.6 is 0 Å². The molecular formula is C24H29N3O2. The molecule has 152 valence electrons. The Labute approximate surface area is 171 Å². The van der Waals surface area contributed by atoms with E-state index in [9.17, 15) is 10.0 Å². The second kappa shape index (κ2) is 8.36. The lowest BCUT2D eigenvalue weighted by atomic mass is 9.66. The first-order chi connectivity index (χ1) is 14.1. The zero-order valence-electron chi connectivity index (χ0n) is 17.1. The first kappa shape index (κ1) is 19.6. The van der Waals surface area contributed by atoms with Gasteiger partial charge in [-0.05, 0) is 54.5 Å². The number of carbonyl (C=O) groups excluding carboxylic acids is 1. The van der Waals surface area contributed by atoms with Crippen LogP contribution in [0.15, 0.2) is 48.5 Å². The van der Waals surface area contributed by atoms with Crippen molar-refractivity contribution in [2.75, 3.05) is 0 Å². The Hall–Kier alpha value is -2.69. The van der Waals surface area contributed by atoms with Crippen LogP contribution in [0.25, 0.3) is 11.0 Å². The topological polar surface area (TPSA) is 61.8 Å². The van der Waals surface area contributed by atoms with Crippen LogP contribution in [0.3, 0.4) is 0 Å². The summed E-state index contributed by atoms with van der Waals surface area (Å²) in [6.07, 6.45) is 11.4. The number of carbonyl (C=O) groups is 1. The molecule has 1 aromatic heterocycles. The number of para-hydroxylation sites is 2. The summed E-state index contributed by atoms with van der Waals surface area (Å²) in [5.74, 6) is -0.272. The minimum atomic E-state index is -0.272. The van der Waals surface area contributed by atoms with Crippen molar-refractivity contribution in [1.82, 2.24) is 9.90 Å². The molecule has 0 radical (unpaired) electrons. The summed E-state index contributed by atoms with van der Waals surface area (Å²) >= 11 is 0. The van der Waals surface area contributed by atoms with Gasteiger partial charge in [0, 0.05) is 0 Å². The van der Waals surface area contributed by atoms with Crippen molar-refractivity contribution in [3.05, 3.63) is 64.9 Å². The van der Waals surface area contributed by atoms with Crippen LogP contribution in [-0.2, 0) is 5.41 Å². The van der Waals surface area contributed by atoms with Gasteiger partial charge in [-0.2, -0.15) is 0 Å². The highest BCUT2D eigenvalue weighted by molar-refractivity contribution is 5.99. The molecule has 1 aliphatic carbocycles. The molecule has 4 rings (SSSR count). The molecule has 0 saturated heterocycles. The Morgan fingerprint density at radius 2 is 1.79 bits per heavy atom. The lowest BCUT2D eigenvalue weighted by Gasteiger charge is -2.38. The molecule has 29 heavy (non-hydrogen) atoms. The van der Waals surface area contributed by atoms with Gasteiger partial charge in [-0.3, -0.25) is 0 Å². The maximum Gasteiger partial charge on any atom is 0.366 e. The quantitative estimate of drug-likeness (QED) is 0.332. The van der Waals surface area contributed by atoms with Gasteiger partial charge in [-0.1, -0.05) is 74.4 Å². The molecule has 3 aromatic rings. The molecule has 1 saturated carbocycles. The highest BCUT2D eigenvalue weighted by Gasteiger charge is 2.33. The van der Waals surface area contributed by atoms with Gasteiger partial charge < -0.3 is 5.21 Å². The van der Waals surface area contributed by atoms with Gasteiger partial charge in [0.2, 0.25) is 11.0 Å². The fourth-order valence-electron chi connectivity index (χ4n) is 4.85. The van der Waals surface area contributed by atoms with E-state index in [1.807, 2.05) is 12.1 Å². The second-order valence-electron chi connectivity index (χ2n) is 8.34. The predicted octanol–water partition coefficient (Wildman–Crippen LogP) is 5.14. The Morgan fingerprint density at radius 3 is 2.52 bits per heavy atom. The number of fused-ring (bicyclic) bond motifs is 1. The van der Waals surface area contributed by atoms with Crippen molar-refractivity contribution in [3.63, 3.8) is 0 Å². The molecule has 0 bridgehead atoms. The van der Waals surface area contributed by atoms with E-state index in [0.717, 1.165) is 0 Å². The first-order valence-electron chi connectivity index (χ1n) is 10.9. The van der Waals surface area contributed by atoms with Gasteiger partial charge in [0.1, 0.15) is 5.21 Å². The number of nitrogens with zero attached hydrogens (tertiary/aromatic N) is 3. The van der Waals surface area contributed by atoms with E-state index in [-0.39, 0.29) is 11.3 Å². The molecule has 0 unspecified atom stereocenters. The van der Waals surface area contributed by atoms with E-state index in [4.69, 9.17) is 0 Å². The van der Waals surface area contributed by atoms with Crippen molar-refractivity contribution in [2.24, 2.45) is 0 Å². The summed E-state index contributed by atoms with van der Waals surface area (Å²) in [4.78, 5) is 13.5. The molecule has 5 heteroatoms. The molecule has 0 atom stereocenters. The first-order valence-corrected chi connectivity index (χ1v) is 10.9. The van der Waals surface area contributed by atoms with Gasteiger partial charge in [-0.15, -0.1) is 4.85 Å². The number of rotatable bonds is 6. The van der Waals surface area contributed by atoms with Crippen LogP contribution in [0.5, 0.6) is 0 Å². The summed E-state index contributed by atoms with van der Waals surface area (Å²) < 4.78 is 1.20. The zero-order chi connectivity index (χ0) is 20.3. The van der Waals surface area contributed by atoms with Crippen LogP contribution in [0.2, 0.25) is 0 Å². The molecular weight excluding hydrogens is 362 g/mol. The Kier molecular flexibility index (Phi) is 5.65. The Bertz CT molecular complexity index is 985. The van der Waals surface area contributed by atoms with Crippen molar-refractivity contribution in [2.45, 2.75) is 70.1 Å². The fourth-order valence-corrected chi connectivity index (χ4v) is 4.85. The Balaban J connectivity index is 1.61. The van der Waals surface area contributed by atoms with E-state index in [1.165, 1.54) is 68.0 Å². The standard InChI is InChI=1S/C24H29N3O2/c1-2-3-7-16-24(17-8-4-9-18-24)20-14-12-19(13-15-20)23(28)26-21-10-5-6-11-22(21)27(29)25-26/h5-6,10-15H,2-4,7-9,16-18H2,1H3. The van der Waals surface area contributed by atoms with Crippen LogP contribution in [0, 0.1) is 5.21 Å². The smallest absolute Gasteiger partial charge is 0.366 e. The minimum Gasteiger partial charge on any atom is -0.691 e. The van der Waals surface area contributed by atoms with Crippen molar-refractivity contribution >= 4 is 16.9 Å². The minimum absolute atomic E-state index is 0.255. The number of unbranched alkanes of at least 4 members (excludes halogenated alkanes) is 2. The van der Waals surface area contributed by atoms with Gasteiger partial charge in [-0.25, -0.2) is 4.79 Å². The lowest BCUT2D eigenvalue weighted by molar-refractivity contribution is -0.645. The van der Waals surface area contributed by atoms with Crippen molar-refractivity contribution < 1.29 is 9.64 Å². The van der Waals surface area contributed by atoms with Gasteiger partial charge >= 0.3 is 5.91 Å². The van der Waals surface area contributed by atoms with E-state index in [0.29, 0.717) is 21.4 Å². The second-order valence-corrected chi connectivity index (χ2v) is 8.34. The highest BCUT2D eigenvalue weighted by atomic mass is 16.5. The van der Waals surface area contributed by atoms with Crippen LogP contribution in [0.4, 0.5) is 0 Å². The van der Waals surface area contributed by atoms with Crippen LogP contribution in [0.1, 0.15) is 80.6 Å². The number of hydrogen-bond donors (Lipinski definition) is 0. The largest absolute Gasteiger partial charge is 0.691 e. The third-order valence-corrected chi connectivity index (χ3v) is 6.49. The van der Waals surface area contributed by atoms with Crippen LogP contribution in [-0.4, -0.2) is 15.8 Å². The summed E-state index contributed by atoms with van der Waals surface area (Å²) in [6.45, 7) is 2.25. The maximum absolute atomic E-state index is 13.0. The number of benzene rings is 2. The fraction of sp³-hybridized carbons (Fsp3) is 0.458. The highest BCUT2D eigenvalue weighted by Crippen LogP contribution is 2.43. The van der Waals surface area contributed by atoms with E-state index in [1.54, 1.807) is 24.3 Å². The normalized spacial score (nSPS) is 16.2. The summed E-state index contributed by atoms with van der Waals surface area (Å²) in [5.41, 5.74) is 3.09. The third-order valence-electron chi connectivity index (χ3n) is 6.49. The van der Waals surface area contributed by atoms with Crippen molar-refractivity contribution in [1.29, 1.82) is 0 Å². The predicted molar refractivity (Wildman–Crippen MR) is 114 cm³/mol. The maximum atomic E-state index is 13.0. The Morgan fingerprint density at radius 1 is 1.07 bits per heavy atom. The lowest BCUT2D eigenvalue weighted by Crippen LogP contribution is -2.31. The van der Waals surface area contributed by atoms with E-state index >= 15 is 0 Å². The summed E-state index contributed by atoms with van der Waals surface area (Å²) in [6, 6.07) is 15.0. The molecule has 0 amide bonds. The van der Waals surface area contributed by atoms with E-state index < -0.39 is 0 Å². The monoisotopic (exact) mass is 391 g/mol. The third kappa shape index (κ3) is 3.78. The van der Waals surface area contributed by atoms with Crippen LogP contribution < -0.4 is 4.85 Å². The zero-order valence-corrected chi connectivity index (χ0v) is 17.1. The molecule has 2 aromatic carbocycles. The average Bonchev–Trinajstić information content (AvgIpc) is 3.11. The molecule has 1 heterocycles. The molecule has 5 nitrogen and oxygen atoms in total. The number of hydrogen-bond acceptors (Lipinski definition) is 3. The number of aromatic nitrogens is 3. The molecule has 1 aliphatic rings. The average molecular weight is 392 g/mol. The SMILES string of the molecule is CCCCCC1(c2ccc(C(=O)n3n[n+]([O-])c4ccccc43)cc2)CCCCC1. The van der Waals surface area contributed by atoms with E-state index in [2.05, 4.69) is 24.3 Å². The molecule has 0 N–H and O–H groups in total. The summed E-state index contributed by atoms with van der Waals surface area (Å²) in [7, 11) is 0. The molecule has 1 fully saturated rings.